The number of unbranched alkanes of at least 4 members (excludes halogenated alkanes) is 11. The molecule has 1 atom stereocenters. The number of hydrogen-bond donors (Lipinski definition) is 0. The molecule has 1 aromatic carbocycles. The maximum atomic E-state index is 12.3. The van der Waals surface area contributed by atoms with Gasteiger partial charge in [0.15, 0.2) is 11.9 Å². The van der Waals surface area contributed by atoms with Crippen LogP contribution in [-0.2, 0) is 11.2 Å². The summed E-state index contributed by atoms with van der Waals surface area (Å²) in [6, 6.07) is 8.38. The molecule has 0 fully saturated rings. The van der Waals surface area contributed by atoms with Gasteiger partial charge in [-0.15, -0.1) is 0 Å². The number of ether oxygens (including phenoxy) is 1. The molecule has 0 heterocycles. The summed E-state index contributed by atoms with van der Waals surface area (Å²) in [5.41, 5.74) is 1.36. The first-order valence-corrected chi connectivity index (χ1v) is 12.5. The second-order valence-corrected chi connectivity index (χ2v) is 8.50. The third-order valence-electron chi connectivity index (χ3n) is 5.80. The first-order valence-electron chi connectivity index (χ1n) is 12.5. The van der Waals surface area contributed by atoms with Crippen LogP contribution < -0.4 is 4.74 Å². The Morgan fingerprint density at radius 2 is 1.24 bits per heavy atom. The van der Waals surface area contributed by atoms with Crippen LogP contribution in [-0.4, -0.2) is 11.9 Å². The molecule has 2 nitrogen and oxygen atoms in total. The molecule has 1 unspecified atom stereocenters. The molecule has 0 aromatic heterocycles. The third-order valence-corrected chi connectivity index (χ3v) is 5.80. The lowest BCUT2D eigenvalue weighted by Crippen LogP contribution is -2.26. The predicted molar refractivity (Wildman–Crippen MR) is 126 cm³/mol. The fraction of sp³-hybridized carbons (Fsp3) is 0.741. The van der Waals surface area contributed by atoms with Crippen LogP contribution in [0, 0.1) is 0 Å². The molecule has 0 saturated heterocycles. The van der Waals surface area contributed by atoms with Gasteiger partial charge in [-0.3, -0.25) is 4.79 Å². The Labute approximate surface area is 180 Å². The highest BCUT2D eigenvalue weighted by atomic mass is 16.5. The van der Waals surface area contributed by atoms with Gasteiger partial charge >= 0.3 is 0 Å². The molecule has 0 N–H and O–H groups in total. The van der Waals surface area contributed by atoms with E-state index in [9.17, 15) is 4.79 Å². The predicted octanol–water partition coefficient (Wildman–Crippen LogP) is 8.46. The van der Waals surface area contributed by atoms with Crippen LogP contribution in [0.25, 0.3) is 0 Å². The summed E-state index contributed by atoms with van der Waals surface area (Å²) >= 11 is 0. The fourth-order valence-electron chi connectivity index (χ4n) is 3.81. The van der Waals surface area contributed by atoms with Crippen molar-refractivity contribution in [3.8, 4) is 5.75 Å². The molecule has 0 aliphatic rings. The normalized spacial score (nSPS) is 12.1. The Balaban J connectivity index is 2.27. The first kappa shape index (κ1) is 25.7. The quantitative estimate of drug-likeness (QED) is 0.217. The Bertz CT molecular complexity index is 506. The zero-order chi connectivity index (χ0) is 21.2. The van der Waals surface area contributed by atoms with Crippen LogP contribution >= 0.6 is 0 Å². The SMILES string of the molecule is CCCCCCCCCCCCC(Oc1ccc(CCCCC)cc1)C(=O)CC. The number of benzene rings is 1. The third kappa shape index (κ3) is 12.8. The van der Waals surface area contributed by atoms with Crippen LogP contribution in [0.1, 0.15) is 123 Å². The van der Waals surface area contributed by atoms with Crippen LogP contribution in [0.2, 0.25) is 0 Å². The molecule has 0 aliphatic carbocycles. The monoisotopic (exact) mass is 402 g/mol. The number of carbonyl (C=O) groups excluding carboxylic acids is 1. The zero-order valence-electron chi connectivity index (χ0n) is 19.5. The second kappa shape index (κ2) is 17.5. The molecular formula is C27H46O2. The van der Waals surface area contributed by atoms with E-state index in [2.05, 4.69) is 26.0 Å². The summed E-state index contributed by atoms with van der Waals surface area (Å²) in [7, 11) is 0. The number of aryl methyl sites for hydroxylation is 1. The van der Waals surface area contributed by atoms with Crippen LogP contribution in [0.5, 0.6) is 5.75 Å². The lowest BCUT2D eigenvalue weighted by Gasteiger charge is -2.18. The Kier molecular flexibility index (Phi) is 15.6. The van der Waals surface area contributed by atoms with Crippen molar-refractivity contribution in [2.24, 2.45) is 0 Å². The lowest BCUT2D eigenvalue weighted by molar-refractivity contribution is -0.125. The van der Waals surface area contributed by atoms with E-state index < -0.39 is 0 Å². The molecule has 0 aliphatic heterocycles. The van der Waals surface area contributed by atoms with Crippen LogP contribution in [0.4, 0.5) is 0 Å². The molecular weight excluding hydrogens is 356 g/mol. The standard InChI is InChI=1S/C27H46O2/c1-4-7-9-10-11-12-13-14-15-17-19-27(26(28)6-3)29-25-22-20-24(21-23-25)18-16-8-5-2/h20-23,27H,4-19H2,1-3H3. The first-order chi connectivity index (χ1) is 14.2. The molecule has 29 heavy (non-hydrogen) atoms. The van der Waals surface area contributed by atoms with Crippen LogP contribution in [0.3, 0.4) is 0 Å². The number of ketones is 1. The van der Waals surface area contributed by atoms with Crippen molar-refractivity contribution in [3.63, 3.8) is 0 Å². The van der Waals surface area contributed by atoms with Crippen molar-refractivity contribution < 1.29 is 9.53 Å². The maximum Gasteiger partial charge on any atom is 0.173 e. The molecule has 1 aromatic rings. The minimum atomic E-state index is -0.278. The highest BCUT2D eigenvalue weighted by molar-refractivity contribution is 5.83. The van der Waals surface area contributed by atoms with E-state index in [4.69, 9.17) is 4.74 Å². The Morgan fingerprint density at radius 3 is 1.79 bits per heavy atom. The fourth-order valence-corrected chi connectivity index (χ4v) is 3.81. The van der Waals surface area contributed by atoms with Gasteiger partial charge in [0.1, 0.15) is 5.75 Å². The smallest absolute Gasteiger partial charge is 0.173 e. The molecule has 0 radical (unpaired) electrons. The minimum Gasteiger partial charge on any atom is -0.483 e. The van der Waals surface area contributed by atoms with Crippen molar-refractivity contribution in [3.05, 3.63) is 29.8 Å². The summed E-state index contributed by atoms with van der Waals surface area (Å²) in [6.45, 7) is 6.44. The Morgan fingerprint density at radius 1 is 0.724 bits per heavy atom. The largest absolute Gasteiger partial charge is 0.483 e. The number of Topliss-reactive ketones (excluding diaryl/α,β-unsaturated/α-hetero) is 1. The maximum absolute atomic E-state index is 12.3. The second-order valence-electron chi connectivity index (χ2n) is 8.50. The van der Waals surface area contributed by atoms with Gasteiger partial charge < -0.3 is 4.74 Å². The van der Waals surface area contributed by atoms with Crippen molar-refractivity contribution in [1.82, 2.24) is 0 Å². The van der Waals surface area contributed by atoms with E-state index in [1.165, 1.54) is 82.6 Å². The van der Waals surface area contributed by atoms with E-state index in [1.54, 1.807) is 0 Å². The van der Waals surface area contributed by atoms with Gasteiger partial charge in [-0.25, -0.2) is 0 Å². The molecule has 0 saturated carbocycles. The van der Waals surface area contributed by atoms with Gasteiger partial charge in [0, 0.05) is 6.42 Å². The lowest BCUT2D eigenvalue weighted by atomic mass is 10.0. The molecule has 0 spiro atoms. The average molecular weight is 403 g/mol. The van der Waals surface area contributed by atoms with Gasteiger partial charge in [-0.1, -0.05) is 104 Å². The van der Waals surface area contributed by atoms with Gasteiger partial charge in [0.2, 0.25) is 0 Å². The van der Waals surface area contributed by atoms with Gasteiger partial charge in [-0.2, -0.15) is 0 Å². The van der Waals surface area contributed by atoms with Crippen molar-refractivity contribution in [2.45, 2.75) is 130 Å². The summed E-state index contributed by atoms with van der Waals surface area (Å²) < 4.78 is 6.08. The van der Waals surface area contributed by atoms with E-state index in [0.717, 1.165) is 25.0 Å². The molecule has 2 heteroatoms. The van der Waals surface area contributed by atoms with Crippen molar-refractivity contribution in [2.75, 3.05) is 0 Å². The molecule has 0 bridgehead atoms. The summed E-state index contributed by atoms with van der Waals surface area (Å²) in [5, 5.41) is 0. The van der Waals surface area contributed by atoms with Gasteiger partial charge in [-0.05, 0) is 43.4 Å². The van der Waals surface area contributed by atoms with E-state index >= 15 is 0 Å². The van der Waals surface area contributed by atoms with Crippen molar-refractivity contribution >= 4 is 5.78 Å². The number of rotatable bonds is 19. The van der Waals surface area contributed by atoms with Gasteiger partial charge in [0.05, 0.1) is 0 Å². The van der Waals surface area contributed by atoms with E-state index in [-0.39, 0.29) is 11.9 Å². The Hall–Kier alpha value is -1.31. The van der Waals surface area contributed by atoms with E-state index in [1.807, 2.05) is 19.1 Å². The average Bonchev–Trinajstić information content (AvgIpc) is 2.75. The topological polar surface area (TPSA) is 26.3 Å². The van der Waals surface area contributed by atoms with E-state index in [0.29, 0.717) is 6.42 Å². The highest BCUT2D eigenvalue weighted by Crippen LogP contribution is 2.19. The minimum absolute atomic E-state index is 0.230. The van der Waals surface area contributed by atoms with Crippen LogP contribution in [0.15, 0.2) is 24.3 Å². The highest BCUT2D eigenvalue weighted by Gasteiger charge is 2.18. The molecule has 0 amide bonds. The number of hydrogen-bond acceptors (Lipinski definition) is 2. The summed E-state index contributed by atoms with van der Waals surface area (Å²) in [4.78, 5) is 12.3. The van der Waals surface area contributed by atoms with Gasteiger partial charge in [0.25, 0.3) is 0 Å². The number of carbonyl (C=O) groups is 1. The van der Waals surface area contributed by atoms with Crippen molar-refractivity contribution in [1.29, 1.82) is 0 Å². The zero-order valence-corrected chi connectivity index (χ0v) is 19.5. The summed E-state index contributed by atoms with van der Waals surface area (Å²) in [6.07, 6.45) is 19.2. The summed E-state index contributed by atoms with van der Waals surface area (Å²) in [5.74, 6) is 1.07. The molecule has 1 rings (SSSR count). The molecule has 166 valence electrons.